The summed E-state index contributed by atoms with van der Waals surface area (Å²) >= 11 is 0. The van der Waals surface area contributed by atoms with Crippen LogP contribution in [-0.2, 0) is 0 Å². The van der Waals surface area contributed by atoms with Gasteiger partial charge in [0.25, 0.3) is 0 Å². The van der Waals surface area contributed by atoms with Gasteiger partial charge in [0.2, 0.25) is 0 Å². The van der Waals surface area contributed by atoms with Gasteiger partial charge in [-0.15, -0.1) is 0 Å². The van der Waals surface area contributed by atoms with E-state index in [9.17, 15) is 5.26 Å². The maximum Gasteiger partial charge on any atom is 0.122 e. The zero-order chi connectivity index (χ0) is 15.0. The lowest BCUT2D eigenvalue weighted by Crippen LogP contribution is -2.56. The summed E-state index contributed by atoms with van der Waals surface area (Å²) in [7, 11) is 0. The molecule has 116 valence electrons. The van der Waals surface area contributed by atoms with Gasteiger partial charge < -0.3 is 4.90 Å². The Kier molecular flexibility index (Phi) is 7.55. The summed E-state index contributed by atoms with van der Waals surface area (Å²) < 4.78 is 0. The molecule has 1 atom stereocenters. The van der Waals surface area contributed by atoms with Crippen molar-refractivity contribution >= 4 is 0 Å². The van der Waals surface area contributed by atoms with Crippen LogP contribution in [0.1, 0.15) is 66.2 Å². The highest BCUT2D eigenvalue weighted by molar-refractivity contribution is 5.17. The minimum absolute atomic E-state index is 0.324. The first-order valence-corrected chi connectivity index (χ1v) is 8.49. The van der Waals surface area contributed by atoms with Crippen molar-refractivity contribution in [2.75, 3.05) is 19.6 Å². The predicted octanol–water partition coefficient (Wildman–Crippen LogP) is 3.56. The Labute approximate surface area is 125 Å². The van der Waals surface area contributed by atoms with Gasteiger partial charge in [0.15, 0.2) is 0 Å². The molecule has 0 aromatic rings. The molecule has 0 radical (unpaired) electrons. The van der Waals surface area contributed by atoms with Gasteiger partial charge in [-0.05, 0) is 58.5 Å². The molecular weight excluding hydrogens is 246 g/mol. The number of rotatable bonds is 11. The van der Waals surface area contributed by atoms with Crippen molar-refractivity contribution in [1.82, 2.24) is 10.2 Å². The Bertz CT molecular complexity index is 296. The minimum Gasteiger partial charge on any atom is -0.300 e. The first-order chi connectivity index (χ1) is 9.57. The standard InChI is InChI=1S/C17H33N3/c1-5-7-11-20(12-8-6-2)14-17(13-18,16-9-10-16)19-15(3)4/h15-16,19H,5-12,14H2,1-4H3. The summed E-state index contributed by atoms with van der Waals surface area (Å²) in [4.78, 5) is 2.52. The van der Waals surface area contributed by atoms with Crippen molar-refractivity contribution in [3.05, 3.63) is 0 Å². The molecule has 3 nitrogen and oxygen atoms in total. The maximum atomic E-state index is 9.80. The summed E-state index contributed by atoms with van der Waals surface area (Å²) in [5, 5.41) is 13.4. The second-order valence-electron chi connectivity index (χ2n) is 6.64. The Hall–Kier alpha value is -0.590. The van der Waals surface area contributed by atoms with Crippen molar-refractivity contribution in [1.29, 1.82) is 5.26 Å². The van der Waals surface area contributed by atoms with E-state index in [2.05, 4.69) is 44.0 Å². The molecule has 1 N–H and O–H groups in total. The molecule has 1 saturated carbocycles. The summed E-state index contributed by atoms with van der Waals surface area (Å²) in [5.41, 5.74) is -0.324. The van der Waals surface area contributed by atoms with Gasteiger partial charge in [-0.3, -0.25) is 5.32 Å². The lowest BCUT2D eigenvalue weighted by molar-refractivity contribution is 0.183. The normalized spacial score (nSPS) is 18.2. The Balaban J connectivity index is 2.69. The van der Waals surface area contributed by atoms with Crippen molar-refractivity contribution in [2.24, 2.45) is 5.92 Å². The smallest absolute Gasteiger partial charge is 0.122 e. The first-order valence-electron chi connectivity index (χ1n) is 8.49. The molecular formula is C17H33N3. The average molecular weight is 279 g/mol. The van der Waals surface area contributed by atoms with Crippen LogP contribution in [0.5, 0.6) is 0 Å². The van der Waals surface area contributed by atoms with Crippen LogP contribution in [0.4, 0.5) is 0 Å². The molecule has 20 heavy (non-hydrogen) atoms. The van der Waals surface area contributed by atoms with E-state index in [1.165, 1.54) is 38.5 Å². The Morgan fingerprint density at radius 1 is 1.20 bits per heavy atom. The van der Waals surface area contributed by atoms with Gasteiger partial charge in [0.1, 0.15) is 5.54 Å². The van der Waals surface area contributed by atoms with Crippen molar-refractivity contribution < 1.29 is 0 Å². The van der Waals surface area contributed by atoms with E-state index in [4.69, 9.17) is 0 Å². The molecule has 1 aliphatic rings. The quantitative estimate of drug-likeness (QED) is 0.628. The highest BCUT2D eigenvalue weighted by Gasteiger charge is 2.46. The van der Waals surface area contributed by atoms with E-state index < -0.39 is 0 Å². The third-order valence-corrected chi connectivity index (χ3v) is 4.15. The third-order valence-electron chi connectivity index (χ3n) is 4.15. The van der Waals surface area contributed by atoms with Crippen LogP contribution in [0.25, 0.3) is 0 Å². The SMILES string of the molecule is CCCCN(CCCC)CC(C#N)(NC(C)C)C1CC1. The number of hydrogen-bond acceptors (Lipinski definition) is 3. The fraction of sp³-hybridized carbons (Fsp3) is 0.941. The zero-order valence-corrected chi connectivity index (χ0v) is 13.9. The molecule has 3 heteroatoms. The van der Waals surface area contributed by atoms with Crippen molar-refractivity contribution in [2.45, 2.75) is 77.8 Å². The molecule has 0 aromatic carbocycles. The van der Waals surface area contributed by atoms with Gasteiger partial charge >= 0.3 is 0 Å². The summed E-state index contributed by atoms with van der Waals surface area (Å²) in [6.45, 7) is 11.9. The topological polar surface area (TPSA) is 39.1 Å². The fourth-order valence-corrected chi connectivity index (χ4v) is 2.93. The number of hydrogen-bond donors (Lipinski definition) is 1. The summed E-state index contributed by atoms with van der Waals surface area (Å²) in [6, 6.07) is 3.01. The van der Waals surface area contributed by atoms with E-state index in [1.54, 1.807) is 0 Å². The molecule has 1 rings (SSSR count). The van der Waals surface area contributed by atoms with Crippen LogP contribution in [0.15, 0.2) is 0 Å². The monoisotopic (exact) mass is 279 g/mol. The lowest BCUT2D eigenvalue weighted by atomic mass is 9.92. The van der Waals surface area contributed by atoms with Crippen LogP contribution in [0.2, 0.25) is 0 Å². The second kappa shape index (κ2) is 8.64. The molecule has 0 saturated heterocycles. The van der Waals surface area contributed by atoms with Crippen LogP contribution in [0, 0.1) is 17.2 Å². The molecule has 0 aliphatic heterocycles. The van der Waals surface area contributed by atoms with Gasteiger partial charge in [0, 0.05) is 12.6 Å². The third kappa shape index (κ3) is 5.42. The van der Waals surface area contributed by atoms with Gasteiger partial charge in [-0.1, -0.05) is 26.7 Å². The van der Waals surface area contributed by atoms with Gasteiger partial charge in [0.05, 0.1) is 6.07 Å². The van der Waals surface area contributed by atoms with Crippen LogP contribution in [-0.4, -0.2) is 36.1 Å². The Morgan fingerprint density at radius 3 is 2.10 bits per heavy atom. The van der Waals surface area contributed by atoms with E-state index in [0.717, 1.165) is 19.6 Å². The molecule has 0 spiro atoms. The first kappa shape index (κ1) is 17.5. The Morgan fingerprint density at radius 2 is 1.75 bits per heavy atom. The van der Waals surface area contributed by atoms with Crippen LogP contribution >= 0.6 is 0 Å². The highest BCUT2D eigenvalue weighted by atomic mass is 15.2. The van der Waals surface area contributed by atoms with E-state index >= 15 is 0 Å². The lowest BCUT2D eigenvalue weighted by Gasteiger charge is -2.36. The van der Waals surface area contributed by atoms with Crippen molar-refractivity contribution in [3.63, 3.8) is 0 Å². The number of nitriles is 1. The zero-order valence-electron chi connectivity index (χ0n) is 13.9. The molecule has 1 fully saturated rings. The van der Waals surface area contributed by atoms with E-state index in [1.807, 2.05) is 0 Å². The fourth-order valence-electron chi connectivity index (χ4n) is 2.93. The predicted molar refractivity (Wildman–Crippen MR) is 85.6 cm³/mol. The van der Waals surface area contributed by atoms with Gasteiger partial charge in [-0.25, -0.2) is 0 Å². The second-order valence-corrected chi connectivity index (χ2v) is 6.64. The van der Waals surface area contributed by atoms with Crippen LogP contribution in [0.3, 0.4) is 0 Å². The van der Waals surface area contributed by atoms with E-state index in [-0.39, 0.29) is 5.54 Å². The van der Waals surface area contributed by atoms with Gasteiger partial charge in [-0.2, -0.15) is 5.26 Å². The molecule has 1 unspecified atom stereocenters. The molecule has 0 aromatic heterocycles. The highest BCUT2D eigenvalue weighted by Crippen LogP contribution is 2.40. The average Bonchev–Trinajstić information content (AvgIpc) is 3.25. The molecule has 1 aliphatic carbocycles. The van der Waals surface area contributed by atoms with Crippen LogP contribution < -0.4 is 5.32 Å². The molecule has 0 bridgehead atoms. The van der Waals surface area contributed by atoms with Crippen molar-refractivity contribution in [3.8, 4) is 6.07 Å². The minimum atomic E-state index is -0.324. The largest absolute Gasteiger partial charge is 0.300 e. The number of unbranched alkanes of at least 4 members (excludes halogenated alkanes) is 2. The number of nitrogens with zero attached hydrogens (tertiary/aromatic N) is 2. The number of nitrogens with one attached hydrogen (secondary N) is 1. The summed E-state index contributed by atoms with van der Waals surface area (Å²) in [5.74, 6) is 0.556. The maximum absolute atomic E-state index is 9.80. The summed E-state index contributed by atoms with van der Waals surface area (Å²) in [6.07, 6.45) is 7.34. The molecule has 0 heterocycles. The van der Waals surface area contributed by atoms with E-state index in [0.29, 0.717) is 12.0 Å². The molecule has 0 amide bonds.